The number of nitrogens with zero attached hydrogens (tertiary/aromatic N) is 1. The molecule has 0 heterocycles. The molecule has 0 bridgehead atoms. The predicted octanol–water partition coefficient (Wildman–Crippen LogP) is 1.80. The molecule has 0 unspecified atom stereocenters. The minimum atomic E-state index is -4.00. The van der Waals surface area contributed by atoms with Crippen LogP contribution in [-0.4, -0.2) is 20.1 Å². The third-order valence-electron chi connectivity index (χ3n) is 2.79. The number of sulfonamides is 1. The van der Waals surface area contributed by atoms with E-state index >= 15 is 0 Å². The van der Waals surface area contributed by atoms with E-state index in [-0.39, 0.29) is 21.1 Å². The first kappa shape index (κ1) is 17.9. The van der Waals surface area contributed by atoms with Gasteiger partial charge in [-0.25, -0.2) is 12.8 Å². The summed E-state index contributed by atoms with van der Waals surface area (Å²) in [5.74, 6) is -1.26. The maximum absolute atomic E-state index is 13.4. The number of nitrogens with one attached hydrogen (secondary N) is 2. The van der Waals surface area contributed by atoms with E-state index in [1.54, 1.807) is 6.07 Å². The summed E-state index contributed by atoms with van der Waals surface area (Å²) in [5.41, 5.74) is 2.23. The smallest absolute Gasteiger partial charge is 0.257 e. The van der Waals surface area contributed by atoms with Gasteiger partial charge >= 0.3 is 0 Å². The van der Waals surface area contributed by atoms with Gasteiger partial charge in [-0.15, -0.1) is 16.6 Å². The van der Waals surface area contributed by atoms with Gasteiger partial charge < -0.3 is 0 Å². The number of amides is 1. The number of hydrazine groups is 1. The number of halogens is 1. The lowest BCUT2D eigenvalue weighted by atomic mass is 10.2. The van der Waals surface area contributed by atoms with E-state index in [1.807, 2.05) is 16.3 Å². The van der Waals surface area contributed by atoms with Gasteiger partial charge in [-0.2, -0.15) is 5.26 Å². The fourth-order valence-corrected chi connectivity index (χ4v) is 3.30. The zero-order valence-corrected chi connectivity index (χ0v) is 13.8. The lowest BCUT2D eigenvalue weighted by Gasteiger charge is -2.08. The third kappa shape index (κ3) is 4.79. The second kappa shape index (κ2) is 7.92. The van der Waals surface area contributed by atoms with E-state index in [9.17, 15) is 17.6 Å². The first-order chi connectivity index (χ1) is 11.4. The monoisotopic (exact) mass is 365 g/mol. The van der Waals surface area contributed by atoms with E-state index in [4.69, 9.17) is 5.26 Å². The zero-order valence-electron chi connectivity index (χ0n) is 12.2. The number of hydrogen-bond acceptors (Lipinski definition) is 5. The predicted molar refractivity (Wildman–Crippen MR) is 86.7 cm³/mol. The molecule has 1 amide bonds. The van der Waals surface area contributed by atoms with Crippen molar-refractivity contribution in [3.63, 3.8) is 0 Å². The number of rotatable bonds is 6. The molecule has 2 N–H and O–H groups in total. The molecule has 0 fully saturated rings. The van der Waals surface area contributed by atoms with E-state index in [0.29, 0.717) is 0 Å². The molecule has 2 rings (SSSR count). The van der Waals surface area contributed by atoms with Crippen LogP contribution in [0.4, 0.5) is 4.39 Å². The molecule has 0 aliphatic carbocycles. The van der Waals surface area contributed by atoms with Gasteiger partial charge in [-0.1, -0.05) is 18.2 Å². The topological polar surface area (TPSA) is 99.1 Å². The van der Waals surface area contributed by atoms with E-state index < -0.39 is 21.7 Å². The number of hydrogen-bond donors (Lipinski definition) is 2. The standard InChI is InChI=1S/C15H12FN3O3S2/c16-13-6-1-2-7-14(13)23-10-15(20)18-19-24(21,22)12-5-3-4-11(8-12)9-17/h1-8,19H,10H2,(H,18,20). The summed E-state index contributed by atoms with van der Waals surface area (Å²) in [5, 5.41) is 8.78. The van der Waals surface area contributed by atoms with Crippen LogP contribution in [0.25, 0.3) is 0 Å². The number of nitriles is 1. The van der Waals surface area contributed by atoms with E-state index in [1.165, 1.54) is 42.5 Å². The van der Waals surface area contributed by atoms with Crippen molar-refractivity contribution in [1.82, 2.24) is 10.3 Å². The Morgan fingerprint density at radius 2 is 1.96 bits per heavy atom. The van der Waals surface area contributed by atoms with Crippen LogP contribution < -0.4 is 10.3 Å². The van der Waals surface area contributed by atoms with Gasteiger partial charge in [-0.05, 0) is 30.3 Å². The summed E-state index contributed by atoms with van der Waals surface area (Å²) in [6.07, 6.45) is 0. The molecule has 0 saturated heterocycles. The summed E-state index contributed by atoms with van der Waals surface area (Å²) in [7, 11) is -4.00. The van der Waals surface area contributed by atoms with Crippen LogP contribution in [0.2, 0.25) is 0 Å². The highest BCUT2D eigenvalue weighted by molar-refractivity contribution is 8.00. The minimum Gasteiger partial charge on any atom is -0.277 e. The van der Waals surface area contributed by atoms with Crippen LogP contribution in [0.3, 0.4) is 0 Å². The van der Waals surface area contributed by atoms with Gasteiger partial charge in [0.1, 0.15) is 5.82 Å². The van der Waals surface area contributed by atoms with Gasteiger partial charge in [0.05, 0.1) is 22.3 Å². The van der Waals surface area contributed by atoms with Crippen LogP contribution in [0, 0.1) is 17.1 Å². The van der Waals surface area contributed by atoms with Crippen molar-refractivity contribution in [3.8, 4) is 6.07 Å². The third-order valence-corrected chi connectivity index (χ3v) is 5.09. The highest BCUT2D eigenvalue weighted by Crippen LogP contribution is 2.20. The van der Waals surface area contributed by atoms with Crippen LogP contribution >= 0.6 is 11.8 Å². The molecule has 0 radical (unpaired) electrons. The molecule has 0 aromatic heterocycles. The number of benzene rings is 2. The van der Waals surface area contributed by atoms with Crippen molar-refractivity contribution < 1.29 is 17.6 Å². The average Bonchev–Trinajstić information content (AvgIpc) is 2.59. The Hall–Kier alpha value is -2.41. The Morgan fingerprint density at radius 1 is 1.21 bits per heavy atom. The van der Waals surface area contributed by atoms with Crippen LogP contribution in [0.5, 0.6) is 0 Å². The summed E-state index contributed by atoms with van der Waals surface area (Å²) in [6.45, 7) is 0. The van der Waals surface area contributed by atoms with Gasteiger partial charge in [0, 0.05) is 4.90 Å². The molecule has 0 aliphatic heterocycles. The Balaban J connectivity index is 1.93. The molecule has 0 spiro atoms. The lowest BCUT2D eigenvalue weighted by molar-refractivity contribution is -0.119. The first-order valence-corrected chi connectivity index (χ1v) is 9.07. The van der Waals surface area contributed by atoms with Crippen LogP contribution in [0.1, 0.15) is 5.56 Å². The summed E-state index contributed by atoms with van der Waals surface area (Å²) < 4.78 is 37.5. The van der Waals surface area contributed by atoms with Crippen molar-refractivity contribution in [2.24, 2.45) is 0 Å². The van der Waals surface area contributed by atoms with Crippen LogP contribution in [-0.2, 0) is 14.8 Å². The van der Waals surface area contributed by atoms with Gasteiger partial charge in [0.25, 0.3) is 10.0 Å². The number of thioether (sulfide) groups is 1. The Bertz CT molecular complexity index is 895. The Kier molecular flexibility index (Phi) is 5.92. The van der Waals surface area contributed by atoms with Crippen LogP contribution in [0.15, 0.2) is 58.3 Å². The first-order valence-electron chi connectivity index (χ1n) is 6.60. The fraction of sp³-hybridized carbons (Fsp3) is 0.0667. The molecule has 9 heteroatoms. The maximum atomic E-state index is 13.4. The largest absolute Gasteiger partial charge is 0.277 e. The second-order valence-corrected chi connectivity index (χ2v) is 7.21. The number of carbonyl (C=O) groups is 1. The van der Waals surface area contributed by atoms with Crippen molar-refractivity contribution >= 4 is 27.7 Å². The minimum absolute atomic E-state index is 0.149. The quantitative estimate of drug-likeness (QED) is 0.601. The normalized spacial score (nSPS) is 10.8. The highest BCUT2D eigenvalue weighted by Gasteiger charge is 2.16. The van der Waals surface area contributed by atoms with Gasteiger partial charge in [0.2, 0.25) is 5.91 Å². The maximum Gasteiger partial charge on any atom is 0.257 e. The SMILES string of the molecule is N#Cc1cccc(S(=O)(=O)NNC(=O)CSc2ccccc2F)c1. The lowest BCUT2D eigenvalue weighted by Crippen LogP contribution is -2.42. The molecular weight excluding hydrogens is 353 g/mol. The molecule has 2 aromatic carbocycles. The van der Waals surface area contributed by atoms with Crippen molar-refractivity contribution in [3.05, 3.63) is 59.9 Å². The van der Waals surface area contributed by atoms with Gasteiger partial charge in [-0.3, -0.25) is 10.2 Å². The molecule has 0 atom stereocenters. The molecule has 2 aromatic rings. The van der Waals surface area contributed by atoms with E-state index in [0.717, 1.165) is 11.8 Å². The van der Waals surface area contributed by atoms with E-state index in [2.05, 4.69) is 0 Å². The van der Waals surface area contributed by atoms with Gasteiger partial charge in [0.15, 0.2) is 0 Å². The number of carbonyl (C=O) groups excluding carboxylic acids is 1. The van der Waals surface area contributed by atoms with Crippen molar-refractivity contribution in [2.45, 2.75) is 9.79 Å². The zero-order chi connectivity index (χ0) is 17.6. The second-order valence-electron chi connectivity index (χ2n) is 4.51. The summed E-state index contributed by atoms with van der Waals surface area (Å²) in [6, 6.07) is 13.1. The Morgan fingerprint density at radius 3 is 2.67 bits per heavy atom. The Labute approximate surface area is 142 Å². The summed E-state index contributed by atoms with van der Waals surface area (Å²) in [4.78, 5) is 13.8. The summed E-state index contributed by atoms with van der Waals surface area (Å²) >= 11 is 0.943. The van der Waals surface area contributed by atoms with Crippen molar-refractivity contribution in [1.29, 1.82) is 5.26 Å². The fourth-order valence-electron chi connectivity index (χ4n) is 1.66. The molecule has 24 heavy (non-hydrogen) atoms. The molecular formula is C15H12FN3O3S2. The highest BCUT2D eigenvalue weighted by atomic mass is 32.2. The average molecular weight is 365 g/mol. The molecule has 124 valence electrons. The van der Waals surface area contributed by atoms with Crippen molar-refractivity contribution in [2.75, 3.05) is 5.75 Å². The molecule has 6 nitrogen and oxygen atoms in total. The molecule has 0 aliphatic rings. The molecule has 0 saturated carbocycles.